The van der Waals surface area contributed by atoms with E-state index in [-0.39, 0.29) is 11.8 Å². The first kappa shape index (κ1) is 16.4. The Hall–Kier alpha value is -0.970. The van der Waals surface area contributed by atoms with Gasteiger partial charge in [-0.2, -0.15) is 0 Å². The predicted molar refractivity (Wildman–Crippen MR) is 84.3 cm³/mol. The molecule has 4 nitrogen and oxygen atoms in total. The van der Waals surface area contributed by atoms with Crippen molar-refractivity contribution in [2.45, 2.75) is 6.42 Å². The molecule has 1 aliphatic rings. The maximum absolute atomic E-state index is 12.4. The van der Waals surface area contributed by atoms with Crippen LogP contribution in [0.1, 0.15) is 16.8 Å². The second kappa shape index (κ2) is 7.34. The molecule has 1 aliphatic heterocycles. The zero-order valence-corrected chi connectivity index (χ0v) is 13.6. The largest absolute Gasteiger partial charge is 0.339 e. The van der Waals surface area contributed by atoms with Gasteiger partial charge >= 0.3 is 0 Å². The number of piperazine rings is 1. The summed E-state index contributed by atoms with van der Waals surface area (Å²) in [5.41, 5.74) is 0.393. The molecule has 21 heavy (non-hydrogen) atoms. The summed E-state index contributed by atoms with van der Waals surface area (Å²) in [6.45, 7) is 1.99. The SMILES string of the molecule is O=C(CCCl)N1CCN(C(=O)c2cc(Cl)ccc2Cl)CC1. The van der Waals surface area contributed by atoms with Crippen LogP contribution in [-0.4, -0.2) is 53.7 Å². The lowest BCUT2D eigenvalue weighted by Crippen LogP contribution is -2.50. The van der Waals surface area contributed by atoms with E-state index < -0.39 is 0 Å². The van der Waals surface area contributed by atoms with Gasteiger partial charge in [-0.25, -0.2) is 0 Å². The molecule has 1 saturated heterocycles. The monoisotopic (exact) mass is 348 g/mol. The quantitative estimate of drug-likeness (QED) is 0.787. The van der Waals surface area contributed by atoms with Gasteiger partial charge in [0.25, 0.3) is 5.91 Å². The molecule has 2 amide bonds. The molecule has 0 radical (unpaired) electrons. The van der Waals surface area contributed by atoms with Gasteiger partial charge in [-0.15, -0.1) is 11.6 Å². The highest BCUT2D eigenvalue weighted by molar-refractivity contribution is 6.35. The third kappa shape index (κ3) is 4.02. The van der Waals surface area contributed by atoms with Crippen LogP contribution >= 0.6 is 34.8 Å². The van der Waals surface area contributed by atoms with Crippen LogP contribution in [0.15, 0.2) is 18.2 Å². The minimum Gasteiger partial charge on any atom is -0.339 e. The van der Waals surface area contributed by atoms with Gasteiger partial charge < -0.3 is 9.80 Å². The molecule has 0 saturated carbocycles. The Balaban J connectivity index is 2.00. The van der Waals surface area contributed by atoms with Crippen molar-refractivity contribution in [3.63, 3.8) is 0 Å². The predicted octanol–water partition coefficient (Wildman–Crippen LogP) is 2.91. The first-order chi connectivity index (χ1) is 10.0. The van der Waals surface area contributed by atoms with Crippen LogP contribution in [-0.2, 0) is 4.79 Å². The normalized spacial score (nSPS) is 15.2. The molecule has 1 aromatic rings. The van der Waals surface area contributed by atoms with E-state index in [4.69, 9.17) is 34.8 Å². The van der Waals surface area contributed by atoms with E-state index in [9.17, 15) is 9.59 Å². The molecule has 2 rings (SSSR count). The zero-order chi connectivity index (χ0) is 15.4. The zero-order valence-electron chi connectivity index (χ0n) is 11.3. The summed E-state index contributed by atoms with van der Waals surface area (Å²) in [5.74, 6) is 0.181. The van der Waals surface area contributed by atoms with Crippen LogP contribution < -0.4 is 0 Å². The van der Waals surface area contributed by atoms with Gasteiger partial charge in [0.15, 0.2) is 0 Å². The number of nitrogens with zero attached hydrogens (tertiary/aromatic N) is 2. The molecular formula is C14H15Cl3N2O2. The summed E-state index contributed by atoms with van der Waals surface area (Å²) in [5, 5.41) is 0.851. The third-order valence-electron chi connectivity index (χ3n) is 3.39. The van der Waals surface area contributed by atoms with Crippen molar-refractivity contribution in [3.05, 3.63) is 33.8 Å². The van der Waals surface area contributed by atoms with Crippen molar-refractivity contribution >= 4 is 46.6 Å². The average Bonchev–Trinajstić information content (AvgIpc) is 2.49. The number of carbonyl (C=O) groups excluding carboxylic acids is 2. The van der Waals surface area contributed by atoms with Crippen LogP contribution in [0.5, 0.6) is 0 Å². The van der Waals surface area contributed by atoms with Gasteiger partial charge in [0.05, 0.1) is 10.6 Å². The molecule has 0 atom stereocenters. The van der Waals surface area contributed by atoms with Crippen molar-refractivity contribution in [2.24, 2.45) is 0 Å². The van der Waals surface area contributed by atoms with Gasteiger partial charge in [-0.3, -0.25) is 9.59 Å². The lowest BCUT2D eigenvalue weighted by atomic mass is 10.1. The van der Waals surface area contributed by atoms with E-state index in [2.05, 4.69) is 0 Å². The van der Waals surface area contributed by atoms with E-state index in [1.165, 1.54) is 0 Å². The van der Waals surface area contributed by atoms with Crippen LogP contribution in [0.25, 0.3) is 0 Å². The second-order valence-corrected chi connectivity index (χ2v) is 5.96. The van der Waals surface area contributed by atoms with Crippen molar-refractivity contribution in [1.82, 2.24) is 9.80 Å². The lowest BCUT2D eigenvalue weighted by Gasteiger charge is -2.35. The highest BCUT2D eigenvalue weighted by Gasteiger charge is 2.25. The molecule has 1 fully saturated rings. The molecular weight excluding hydrogens is 335 g/mol. The number of rotatable bonds is 3. The molecule has 0 aliphatic carbocycles. The Bertz CT molecular complexity index is 543. The Morgan fingerprint density at radius 2 is 1.67 bits per heavy atom. The topological polar surface area (TPSA) is 40.6 Å². The van der Waals surface area contributed by atoms with E-state index >= 15 is 0 Å². The van der Waals surface area contributed by atoms with Gasteiger partial charge in [-0.05, 0) is 18.2 Å². The number of hydrogen-bond donors (Lipinski definition) is 0. The summed E-state index contributed by atoms with van der Waals surface area (Å²) >= 11 is 17.5. The third-order valence-corrected chi connectivity index (χ3v) is 4.14. The number of alkyl halides is 1. The van der Waals surface area contributed by atoms with Gasteiger partial charge in [0.1, 0.15) is 0 Å². The minimum atomic E-state index is -0.160. The first-order valence-corrected chi connectivity index (χ1v) is 7.90. The maximum Gasteiger partial charge on any atom is 0.255 e. The number of hydrogen-bond acceptors (Lipinski definition) is 2. The molecule has 1 heterocycles. The maximum atomic E-state index is 12.4. The number of halogens is 3. The van der Waals surface area contributed by atoms with E-state index in [1.807, 2.05) is 0 Å². The molecule has 0 unspecified atom stereocenters. The van der Waals surface area contributed by atoms with Crippen molar-refractivity contribution in [2.75, 3.05) is 32.1 Å². The fourth-order valence-corrected chi connectivity index (χ4v) is 2.76. The van der Waals surface area contributed by atoms with Gasteiger partial charge in [0.2, 0.25) is 5.91 Å². The fourth-order valence-electron chi connectivity index (χ4n) is 2.23. The average molecular weight is 350 g/mol. The molecule has 0 spiro atoms. The van der Waals surface area contributed by atoms with Gasteiger partial charge in [-0.1, -0.05) is 23.2 Å². The molecule has 0 bridgehead atoms. The van der Waals surface area contributed by atoms with Crippen molar-refractivity contribution in [1.29, 1.82) is 0 Å². The first-order valence-electron chi connectivity index (χ1n) is 6.61. The Kier molecular flexibility index (Phi) is 5.73. The summed E-state index contributed by atoms with van der Waals surface area (Å²) in [4.78, 5) is 27.6. The van der Waals surface area contributed by atoms with E-state index in [0.29, 0.717) is 54.1 Å². The van der Waals surface area contributed by atoms with Crippen LogP contribution in [0.2, 0.25) is 10.0 Å². The molecule has 0 aromatic heterocycles. The summed E-state index contributed by atoms with van der Waals surface area (Å²) in [7, 11) is 0. The van der Waals surface area contributed by atoms with E-state index in [1.54, 1.807) is 28.0 Å². The second-order valence-electron chi connectivity index (χ2n) is 4.74. The number of carbonyl (C=O) groups is 2. The smallest absolute Gasteiger partial charge is 0.255 e. The van der Waals surface area contributed by atoms with Crippen molar-refractivity contribution < 1.29 is 9.59 Å². The molecule has 7 heteroatoms. The summed E-state index contributed by atoms with van der Waals surface area (Å²) < 4.78 is 0. The summed E-state index contributed by atoms with van der Waals surface area (Å²) in [6, 6.07) is 4.82. The Morgan fingerprint density at radius 3 is 2.29 bits per heavy atom. The highest BCUT2D eigenvalue weighted by atomic mass is 35.5. The summed E-state index contributed by atoms with van der Waals surface area (Å²) in [6.07, 6.45) is 0.329. The Morgan fingerprint density at radius 1 is 1.05 bits per heavy atom. The number of benzene rings is 1. The standard InChI is InChI=1S/C14H15Cl3N2O2/c15-4-3-13(20)18-5-7-19(8-6-18)14(21)11-9-10(16)1-2-12(11)17/h1-2,9H,3-8H2. The van der Waals surface area contributed by atoms with Crippen LogP contribution in [0, 0.1) is 0 Å². The minimum absolute atomic E-state index is 0.0258. The fraction of sp³-hybridized carbons (Fsp3) is 0.429. The molecule has 114 valence electrons. The molecule has 0 N–H and O–H groups in total. The van der Waals surface area contributed by atoms with Crippen LogP contribution in [0.4, 0.5) is 0 Å². The lowest BCUT2D eigenvalue weighted by molar-refractivity contribution is -0.132. The highest BCUT2D eigenvalue weighted by Crippen LogP contribution is 2.22. The van der Waals surface area contributed by atoms with Crippen molar-refractivity contribution in [3.8, 4) is 0 Å². The van der Waals surface area contributed by atoms with Crippen LogP contribution in [0.3, 0.4) is 0 Å². The van der Waals surface area contributed by atoms with Gasteiger partial charge in [0, 0.05) is 43.5 Å². The number of amides is 2. The van der Waals surface area contributed by atoms with E-state index in [0.717, 1.165) is 0 Å². The molecule has 1 aromatic carbocycles. The Labute approximate surface area is 138 Å².